The molecule has 2 aromatic heterocycles. The Balaban J connectivity index is 1.85. The lowest BCUT2D eigenvalue weighted by atomic mass is 10.4. The van der Waals surface area contributed by atoms with Gasteiger partial charge in [0.2, 0.25) is 0 Å². The maximum absolute atomic E-state index is 4.34. The van der Waals surface area contributed by atoms with E-state index in [1.807, 2.05) is 31.4 Å². The Morgan fingerprint density at radius 1 is 1.31 bits per heavy atom. The van der Waals surface area contributed by atoms with Crippen LogP contribution in [0.3, 0.4) is 0 Å². The van der Waals surface area contributed by atoms with E-state index >= 15 is 0 Å². The zero-order valence-corrected chi connectivity index (χ0v) is 9.09. The zero-order chi connectivity index (χ0) is 11.2. The van der Waals surface area contributed by atoms with E-state index < -0.39 is 0 Å². The van der Waals surface area contributed by atoms with Gasteiger partial charge in [0.15, 0.2) is 0 Å². The molecular formula is C10H14N6. The van der Waals surface area contributed by atoms with Crippen LogP contribution in [0.4, 0.5) is 11.6 Å². The number of aromatic nitrogens is 4. The van der Waals surface area contributed by atoms with Crippen molar-refractivity contribution in [2.45, 2.75) is 6.54 Å². The largest absolute Gasteiger partial charge is 0.373 e. The van der Waals surface area contributed by atoms with E-state index in [0.717, 1.165) is 24.7 Å². The van der Waals surface area contributed by atoms with Crippen molar-refractivity contribution in [1.82, 2.24) is 20.0 Å². The monoisotopic (exact) mass is 218 g/mol. The van der Waals surface area contributed by atoms with Gasteiger partial charge in [-0.2, -0.15) is 0 Å². The lowest BCUT2D eigenvalue weighted by Crippen LogP contribution is -2.12. The van der Waals surface area contributed by atoms with Crippen LogP contribution >= 0.6 is 0 Å². The fraction of sp³-hybridized carbons (Fsp3) is 0.300. The lowest BCUT2D eigenvalue weighted by Gasteiger charge is -2.06. The van der Waals surface area contributed by atoms with Crippen LogP contribution in [0.15, 0.2) is 30.6 Å². The van der Waals surface area contributed by atoms with Gasteiger partial charge >= 0.3 is 0 Å². The second kappa shape index (κ2) is 5.11. The maximum atomic E-state index is 4.34. The maximum Gasteiger partial charge on any atom is 0.128 e. The first-order chi connectivity index (χ1) is 7.88. The fourth-order valence-corrected chi connectivity index (χ4v) is 1.32. The minimum absolute atomic E-state index is 0.767. The molecule has 2 N–H and O–H groups in total. The van der Waals surface area contributed by atoms with Crippen molar-refractivity contribution in [3.63, 3.8) is 0 Å². The second-order valence-corrected chi connectivity index (χ2v) is 3.25. The zero-order valence-electron chi connectivity index (χ0n) is 9.09. The van der Waals surface area contributed by atoms with E-state index in [4.69, 9.17) is 0 Å². The van der Waals surface area contributed by atoms with Crippen LogP contribution in [0.5, 0.6) is 0 Å². The van der Waals surface area contributed by atoms with Crippen molar-refractivity contribution in [3.05, 3.63) is 30.6 Å². The molecule has 6 nitrogen and oxygen atoms in total. The SMILES string of the molecule is CNc1cccc(NCCn2ccnn2)n1. The van der Waals surface area contributed by atoms with Crippen molar-refractivity contribution < 1.29 is 0 Å². The van der Waals surface area contributed by atoms with Crippen molar-refractivity contribution in [3.8, 4) is 0 Å². The topological polar surface area (TPSA) is 67.7 Å². The van der Waals surface area contributed by atoms with Crippen LogP contribution in [0, 0.1) is 0 Å². The summed E-state index contributed by atoms with van der Waals surface area (Å²) in [6.07, 6.45) is 3.50. The first-order valence-corrected chi connectivity index (χ1v) is 5.11. The number of hydrogen-bond acceptors (Lipinski definition) is 5. The Bertz CT molecular complexity index is 425. The molecule has 0 aliphatic rings. The van der Waals surface area contributed by atoms with E-state index in [2.05, 4.69) is 25.9 Å². The van der Waals surface area contributed by atoms with Gasteiger partial charge < -0.3 is 10.6 Å². The summed E-state index contributed by atoms with van der Waals surface area (Å²) in [5.74, 6) is 1.71. The molecule has 0 saturated carbocycles. The van der Waals surface area contributed by atoms with E-state index in [-0.39, 0.29) is 0 Å². The number of nitrogens with zero attached hydrogens (tertiary/aromatic N) is 4. The van der Waals surface area contributed by atoms with Gasteiger partial charge in [0.1, 0.15) is 11.6 Å². The number of nitrogens with one attached hydrogen (secondary N) is 2. The highest BCUT2D eigenvalue weighted by Gasteiger charge is 1.95. The molecule has 16 heavy (non-hydrogen) atoms. The average molecular weight is 218 g/mol. The van der Waals surface area contributed by atoms with Crippen LogP contribution < -0.4 is 10.6 Å². The third-order valence-corrected chi connectivity index (χ3v) is 2.12. The van der Waals surface area contributed by atoms with Gasteiger partial charge in [-0.3, -0.25) is 4.68 Å². The average Bonchev–Trinajstić information content (AvgIpc) is 2.82. The molecule has 0 aromatic carbocycles. The quantitative estimate of drug-likeness (QED) is 0.778. The molecule has 0 amide bonds. The van der Waals surface area contributed by atoms with E-state index in [1.54, 1.807) is 10.9 Å². The smallest absolute Gasteiger partial charge is 0.128 e. The highest BCUT2D eigenvalue weighted by Crippen LogP contribution is 2.07. The molecule has 0 fully saturated rings. The first kappa shape index (κ1) is 10.4. The minimum atomic E-state index is 0.767. The fourth-order valence-electron chi connectivity index (χ4n) is 1.32. The molecule has 6 heteroatoms. The predicted octanol–water partition coefficient (Wildman–Crippen LogP) is 0.827. The van der Waals surface area contributed by atoms with Gasteiger partial charge in [-0.1, -0.05) is 11.3 Å². The van der Waals surface area contributed by atoms with Crippen molar-refractivity contribution in [2.24, 2.45) is 0 Å². The molecule has 0 unspecified atom stereocenters. The third-order valence-electron chi connectivity index (χ3n) is 2.12. The van der Waals surface area contributed by atoms with E-state index in [1.165, 1.54) is 0 Å². The number of pyridine rings is 1. The number of rotatable bonds is 5. The van der Waals surface area contributed by atoms with Crippen molar-refractivity contribution in [2.75, 3.05) is 24.2 Å². The Hall–Kier alpha value is -2.11. The van der Waals surface area contributed by atoms with Crippen LogP contribution in [-0.2, 0) is 6.54 Å². The molecular weight excluding hydrogens is 204 g/mol. The Kier molecular flexibility index (Phi) is 3.32. The van der Waals surface area contributed by atoms with Crippen molar-refractivity contribution in [1.29, 1.82) is 0 Å². The Morgan fingerprint density at radius 3 is 2.94 bits per heavy atom. The summed E-state index contributed by atoms with van der Waals surface area (Å²) in [6, 6.07) is 5.81. The number of hydrogen-bond donors (Lipinski definition) is 2. The van der Waals surface area contributed by atoms with Gasteiger partial charge in [-0.05, 0) is 12.1 Å². The molecule has 0 radical (unpaired) electrons. The highest BCUT2D eigenvalue weighted by atomic mass is 15.4. The lowest BCUT2D eigenvalue weighted by molar-refractivity contribution is 0.608. The normalized spacial score (nSPS) is 10.1. The van der Waals surface area contributed by atoms with Gasteiger partial charge in [0, 0.05) is 19.8 Å². The summed E-state index contributed by atoms with van der Waals surface area (Å²) in [7, 11) is 1.85. The number of anilines is 2. The first-order valence-electron chi connectivity index (χ1n) is 5.11. The Morgan fingerprint density at radius 2 is 2.19 bits per heavy atom. The summed E-state index contributed by atoms with van der Waals surface area (Å²) in [6.45, 7) is 1.54. The van der Waals surface area contributed by atoms with Crippen LogP contribution in [0.2, 0.25) is 0 Å². The molecule has 0 atom stereocenters. The summed E-state index contributed by atoms with van der Waals surface area (Å²) >= 11 is 0. The van der Waals surface area contributed by atoms with E-state index in [0.29, 0.717) is 0 Å². The summed E-state index contributed by atoms with van der Waals surface area (Å²) < 4.78 is 1.77. The molecule has 84 valence electrons. The molecule has 2 aromatic rings. The predicted molar refractivity (Wildman–Crippen MR) is 62.3 cm³/mol. The molecule has 2 rings (SSSR count). The highest BCUT2D eigenvalue weighted by molar-refractivity contribution is 5.44. The summed E-state index contributed by atoms with van der Waals surface area (Å²) in [5.41, 5.74) is 0. The van der Waals surface area contributed by atoms with Crippen LogP contribution in [0.25, 0.3) is 0 Å². The second-order valence-electron chi connectivity index (χ2n) is 3.25. The molecule has 2 heterocycles. The molecule has 0 bridgehead atoms. The molecule has 0 aliphatic heterocycles. The van der Waals surface area contributed by atoms with Crippen LogP contribution in [0.1, 0.15) is 0 Å². The van der Waals surface area contributed by atoms with Gasteiger partial charge in [0.05, 0.1) is 12.7 Å². The van der Waals surface area contributed by atoms with Gasteiger partial charge in [-0.15, -0.1) is 5.10 Å². The van der Waals surface area contributed by atoms with Gasteiger partial charge in [0.25, 0.3) is 0 Å². The Labute approximate surface area is 93.7 Å². The minimum Gasteiger partial charge on any atom is -0.373 e. The molecule has 0 saturated heterocycles. The molecule has 0 spiro atoms. The standard InChI is InChI=1S/C10H14N6/c1-11-9-3-2-4-10(14-9)12-5-7-16-8-6-13-15-16/h2-4,6,8H,5,7H2,1H3,(H2,11,12,14). The summed E-state index contributed by atoms with van der Waals surface area (Å²) in [5, 5.41) is 13.8. The molecule has 0 aliphatic carbocycles. The third kappa shape index (κ3) is 2.69. The van der Waals surface area contributed by atoms with Gasteiger partial charge in [-0.25, -0.2) is 4.98 Å². The summed E-state index contributed by atoms with van der Waals surface area (Å²) in [4.78, 5) is 4.34. The van der Waals surface area contributed by atoms with Crippen LogP contribution in [-0.4, -0.2) is 33.6 Å². The van der Waals surface area contributed by atoms with E-state index in [9.17, 15) is 0 Å². The van der Waals surface area contributed by atoms with Crippen molar-refractivity contribution >= 4 is 11.6 Å².